The fourth-order valence-electron chi connectivity index (χ4n) is 8.38. The highest BCUT2D eigenvalue weighted by Gasteiger charge is 2.27. The van der Waals surface area contributed by atoms with Gasteiger partial charge in [0.2, 0.25) is 0 Å². The number of hydrogen-bond acceptors (Lipinski definition) is 1. The number of halogens is 2. The molecule has 0 nitrogen and oxygen atoms in total. The molecule has 2 atom stereocenters. The Morgan fingerprint density at radius 3 is 1.06 bits per heavy atom. The molecular weight excluding hydrogens is 599 g/mol. The smallest absolute Gasteiger partial charge is 0.123 e. The fourth-order valence-corrected chi connectivity index (χ4v) is 9.91. The van der Waals surface area contributed by atoms with Crippen molar-refractivity contribution in [3.05, 3.63) is 142 Å². The number of hydrogen-bond donors (Lipinski definition) is 0. The highest BCUT2D eigenvalue weighted by molar-refractivity contribution is 8.00. The van der Waals surface area contributed by atoms with Gasteiger partial charge in [-0.1, -0.05) is 112 Å². The Morgan fingerprint density at radius 2 is 0.766 bits per heavy atom. The number of benzene rings is 4. The Hall–Kier alpha value is -2.91. The standard InChI is InChI=1S/C44H52F2S/c1-3-5-31-7-11-33(12-8-31)35-15-19-37(20-16-35)43(39-23-27-41(45)28-24-39)47-44(40-25-29-42(46)30-26-40)38-21-17-36(18-22-38)34-13-9-32(6-4-2)10-14-34/h15-34,43-44H,3-14H2,1-2H3. The summed E-state index contributed by atoms with van der Waals surface area (Å²) >= 11 is 1.86. The van der Waals surface area contributed by atoms with Gasteiger partial charge in [0.25, 0.3) is 0 Å². The van der Waals surface area contributed by atoms with E-state index in [0.29, 0.717) is 11.8 Å². The van der Waals surface area contributed by atoms with E-state index in [1.165, 1.54) is 99.3 Å². The fraction of sp³-hybridized carbons (Fsp3) is 0.455. The first kappa shape index (κ1) is 34.0. The van der Waals surface area contributed by atoms with Crippen molar-refractivity contribution in [3.63, 3.8) is 0 Å². The summed E-state index contributed by atoms with van der Waals surface area (Å²) in [5.74, 6) is 2.63. The molecule has 0 radical (unpaired) electrons. The lowest BCUT2D eigenvalue weighted by Crippen LogP contribution is -2.13. The van der Waals surface area contributed by atoms with E-state index < -0.39 is 0 Å². The van der Waals surface area contributed by atoms with E-state index in [1.54, 1.807) is 24.3 Å². The van der Waals surface area contributed by atoms with Crippen molar-refractivity contribution in [1.29, 1.82) is 0 Å². The van der Waals surface area contributed by atoms with Crippen LogP contribution in [-0.2, 0) is 0 Å². The third-order valence-corrected chi connectivity index (χ3v) is 12.8. The summed E-state index contributed by atoms with van der Waals surface area (Å²) in [4.78, 5) is 0. The highest BCUT2D eigenvalue weighted by atomic mass is 32.2. The molecule has 47 heavy (non-hydrogen) atoms. The summed E-state index contributed by atoms with van der Waals surface area (Å²) in [6.07, 6.45) is 15.8. The average Bonchev–Trinajstić information content (AvgIpc) is 3.11. The molecule has 2 fully saturated rings. The largest absolute Gasteiger partial charge is 0.207 e. The van der Waals surface area contributed by atoms with Crippen LogP contribution >= 0.6 is 11.8 Å². The minimum atomic E-state index is -0.221. The van der Waals surface area contributed by atoms with Gasteiger partial charge in [-0.2, -0.15) is 0 Å². The van der Waals surface area contributed by atoms with Gasteiger partial charge in [0.1, 0.15) is 11.6 Å². The molecular formula is C44H52F2S. The summed E-state index contributed by atoms with van der Waals surface area (Å²) in [5, 5.41) is -0.0120. The van der Waals surface area contributed by atoms with Crippen molar-refractivity contribution in [1.82, 2.24) is 0 Å². The van der Waals surface area contributed by atoms with Crippen LogP contribution in [0.3, 0.4) is 0 Å². The highest BCUT2D eigenvalue weighted by Crippen LogP contribution is 2.49. The SMILES string of the molecule is CCCC1CCC(c2ccc(C(SC(c3ccc(F)cc3)c3ccc(C4CCC(CCC)CC4)cc3)c3ccc(F)cc3)cc2)CC1. The van der Waals surface area contributed by atoms with Crippen LogP contribution in [0.25, 0.3) is 0 Å². The maximum Gasteiger partial charge on any atom is 0.123 e. The molecule has 0 amide bonds. The van der Waals surface area contributed by atoms with E-state index in [0.717, 1.165) is 23.0 Å². The third-order valence-electron chi connectivity index (χ3n) is 11.1. The molecule has 2 unspecified atom stereocenters. The topological polar surface area (TPSA) is 0 Å². The second-order valence-corrected chi connectivity index (χ2v) is 15.6. The van der Waals surface area contributed by atoms with E-state index in [4.69, 9.17) is 0 Å². The molecule has 0 saturated heterocycles. The molecule has 0 spiro atoms. The molecule has 6 rings (SSSR count). The molecule has 0 aromatic heterocycles. The predicted molar refractivity (Wildman–Crippen MR) is 196 cm³/mol. The lowest BCUT2D eigenvalue weighted by atomic mass is 9.77. The quantitative estimate of drug-likeness (QED) is 0.147. The van der Waals surface area contributed by atoms with Crippen LogP contribution in [0, 0.1) is 23.5 Å². The molecule has 0 bridgehead atoms. The molecule has 2 aliphatic rings. The van der Waals surface area contributed by atoms with Crippen LogP contribution in [0.15, 0.2) is 97.1 Å². The van der Waals surface area contributed by atoms with Crippen LogP contribution in [0.4, 0.5) is 8.78 Å². The van der Waals surface area contributed by atoms with E-state index in [-0.39, 0.29) is 22.1 Å². The molecule has 2 aliphatic carbocycles. The first-order valence-corrected chi connectivity index (χ1v) is 19.3. The molecule has 0 aliphatic heterocycles. The van der Waals surface area contributed by atoms with E-state index >= 15 is 0 Å². The lowest BCUT2D eigenvalue weighted by Gasteiger charge is -2.30. The van der Waals surface area contributed by atoms with Crippen molar-refractivity contribution in [2.24, 2.45) is 11.8 Å². The molecule has 0 heterocycles. The summed E-state index contributed by atoms with van der Waals surface area (Å²) in [6, 6.07) is 32.6. The van der Waals surface area contributed by atoms with Crippen LogP contribution in [0.2, 0.25) is 0 Å². The molecule has 2 saturated carbocycles. The van der Waals surface area contributed by atoms with Gasteiger partial charge in [-0.25, -0.2) is 8.78 Å². The molecule has 0 N–H and O–H groups in total. The van der Waals surface area contributed by atoms with Crippen LogP contribution in [-0.4, -0.2) is 0 Å². The number of rotatable bonds is 12. The Bertz CT molecular complexity index is 1380. The van der Waals surface area contributed by atoms with Gasteiger partial charge in [-0.05, 0) is 133 Å². The Balaban J connectivity index is 1.27. The second-order valence-electron chi connectivity index (χ2n) is 14.3. The van der Waals surface area contributed by atoms with Gasteiger partial charge in [0.15, 0.2) is 0 Å². The van der Waals surface area contributed by atoms with E-state index in [2.05, 4.69) is 62.4 Å². The van der Waals surface area contributed by atoms with Crippen molar-refractivity contribution >= 4 is 11.8 Å². The lowest BCUT2D eigenvalue weighted by molar-refractivity contribution is 0.308. The third kappa shape index (κ3) is 8.77. The van der Waals surface area contributed by atoms with E-state index in [1.807, 2.05) is 36.0 Å². The molecule has 248 valence electrons. The zero-order valence-electron chi connectivity index (χ0n) is 28.4. The first-order chi connectivity index (χ1) is 23.0. The van der Waals surface area contributed by atoms with Crippen LogP contribution in [0.1, 0.15) is 147 Å². The summed E-state index contributed by atoms with van der Waals surface area (Å²) < 4.78 is 28.3. The Morgan fingerprint density at radius 1 is 0.468 bits per heavy atom. The summed E-state index contributed by atoms with van der Waals surface area (Å²) in [6.45, 7) is 4.60. The maximum absolute atomic E-state index is 14.1. The molecule has 4 aromatic carbocycles. The van der Waals surface area contributed by atoms with Crippen molar-refractivity contribution in [2.45, 2.75) is 113 Å². The van der Waals surface area contributed by atoms with Crippen molar-refractivity contribution in [2.75, 3.05) is 0 Å². The molecule has 4 aromatic rings. The van der Waals surface area contributed by atoms with Gasteiger partial charge in [0, 0.05) is 0 Å². The predicted octanol–water partition coefficient (Wildman–Crippen LogP) is 13.7. The van der Waals surface area contributed by atoms with Gasteiger partial charge in [-0.3, -0.25) is 0 Å². The minimum absolute atomic E-state index is 0.00601. The normalized spacial score (nSPS) is 22.9. The minimum Gasteiger partial charge on any atom is -0.207 e. The van der Waals surface area contributed by atoms with E-state index in [9.17, 15) is 8.78 Å². The van der Waals surface area contributed by atoms with Gasteiger partial charge in [-0.15, -0.1) is 11.8 Å². The monoisotopic (exact) mass is 650 g/mol. The maximum atomic E-state index is 14.1. The van der Waals surface area contributed by atoms with Crippen LogP contribution in [0.5, 0.6) is 0 Å². The Kier molecular flexibility index (Phi) is 11.9. The second kappa shape index (κ2) is 16.5. The number of thioether (sulfide) groups is 1. The van der Waals surface area contributed by atoms with Crippen molar-refractivity contribution in [3.8, 4) is 0 Å². The van der Waals surface area contributed by atoms with Crippen molar-refractivity contribution < 1.29 is 8.78 Å². The first-order valence-electron chi connectivity index (χ1n) is 18.4. The van der Waals surface area contributed by atoms with Gasteiger partial charge in [0.05, 0.1) is 10.5 Å². The van der Waals surface area contributed by atoms with Gasteiger partial charge >= 0.3 is 0 Å². The average molecular weight is 651 g/mol. The zero-order chi connectivity index (χ0) is 32.6. The molecule has 3 heteroatoms. The summed E-state index contributed by atoms with van der Waals surface area (Å²) in [7, 11) is 0. The summed E-state index contributed by atoms with van der Waals surface area (Å²) in [5.41, 5.74) is 7.49. The Labute approximate surface area is 286 Å². The van der Waals surface area contributed by atoms with Crippen LogP contribution < -0.4 is 0 Å². The van der Waals surface area contributed by atoms with Gasteiger partial charge < -0.3 is 0 Å². The zero-order valence-corrected chi connectivity index (χ0v) is 29.2.